The number of nitrogens with one attached hydrogen (secondary N) is 1. The summed E-state index contributed by atoms with van der Waals surface area (Å²) in [5.74, 6) is 0.577. The first-order valence-electron chi connectivity index (χ1n) is 10.1. The van der Waals surface area contributed by atoms with Gasteiger partial charge in [0.1, 0.15) is 24.3 Å². The van der Waals surface area contributed by atoms with Crippen molar-refractivity contribution in [3.63, 3.8) is 0 Å². The molecule has 1 atom stereocenters. The van der Waals surface area contributed by atoms with Crippen LogP contribution in [0.25, 0.3) is 16.9 Å². The van der Waals surface area contributed by atoms with Crippen LogP contribution in [0.2, 0.25) is 0 Å². The number of hydrogen-bond acceptors (Lipinski definition) is 7. The van der Waals surface area contributed by atoms with E-state index in [4.69, 9.17) is 9.84 Å². The molecule has 32 heavy (non-hydrogen) atoms. The zero-order valence-corrected chi connectivity index (χ0v) is 17.7. The number of aromatic nitrogens is 4. The highest BCUT2D eigenvalue weighted by Crippen LogP contribution is 2.29. The number of imidazole rings is 1. The van der Waals surface area contributed by atoms with Gasteiger partial charge in [-0.2, -0.15) is 5.10 Å². The maximum absolute atomic E-state index is 13.0. The molecule has 9 heteroatoms. The summed E-state index contributed by atoms with van der Waals surface area (Å²) in [6.45, 7) is 3.22. The molecule has 164 valence electrons. The van der Waals surface area contributed by atoms with Crippen LogP contribution in [0.4, 0.5) is 5.82 Å². The van der Waals surface area contributed by atoms with Gasteiger partial charge in [-0.3, -0.25) is 4.79 Å². The van der Waals surface area contributed by atoms with E-state index in [9.17, 15) is 9.90 Å². The van der Waals surface area contributed by atoms with Gasteiger partial charge < -0.3 is 20.3 Å². The molecule has 0 aliphatic rings. The minimum absolute atomic E-state index is 0.0584. The van der Waals surface area contributed by atoms with Crippen LogP contribution in [0.1, 0.15) is 21.7 Å². The van der Waals surface area contributed by atoms with Crippen molar-refractivity contribution in [2.75, 3.05) is 18.5 Å². The molecule has 0 saturated carbocycles. The largest absolute Gasteiger partial charge is 0.490 e. The Morgan fingerprint density at radius 3 is 2.78 bits per heavy atom. The highest BCUT2D eigenvalue weighted by molar-refractivity contribution is 6.03. The molecule has 4 aromatic rings. The van der Waals surface area contributed by atoms with Gasteiger partial charge in [-0.05, 0) is 55.8 Å². The van der Waals surface area contributed by atoms with E-state index in [-0.39, 0.29) is 12.5 Å². The predicted molar refractivity (Wildman–Crippen MR) is 119 cm³/mol. The minimum Gasteiger partial charge on any atom is -0.490 e. The van der Waals surface area contributed by atoms with Crippen molar-refractivity contribution in [3.8, 4) is 17.0 Å². The maximum atomic E-state index is 13.0. The van der Waals surface area contributed by atoms with E-state index in [0.29, 0.717) is 39.9 Å². The molecule has 0 unspecified atom stereocenters. The third-order valence-corrected chi connectivity index (χ3v) is 4.83. The van der Waals surface area contributed by atoms with Crippen molar-refractivity contribution in [2.45, 2.75) is 20.0 Å². The summed E-state index contributed by atoms with van der Waals surface area (Å²) in [4.78, 5) is 21.6. The summed E-state index contributed by atoms with van der Waals surface area (Å²) in [5.41, 5.74) is 3.59. The average molecular weight is 433 g/mol. The zero-order valence-electron chi connectivity index (χ0n) is 17.7. The fraction of sp³-hybridized carbons (Fsp3) is 0.217. The first-order chi connectivity index (χ1) is 15.5. The number of pyridine rings is 1. The molecule has 0 saturated heterocycles. The number of nitrogens with zero attached hydrogens (tertiary/aromatic N) is 4. The lowest BCUT2D eigenvalue weighted by atomic mass is 10.1. The summed E-state index contributed by atoms with van der Waals surface area (Å²) >= 11 is 0. The monoisotopic (exact) mass is 433 g/mol. The van der Waals surface area contributed by atoms with Crippen LogP contribution >= 0.6 is 0 Å². The summed E-state index contributed by atoms with van der Waals surface area (Å²) in [7, 11) is 0. The third kappa shape index (κ3) is 4.43. The molecule has 0 bridgehead atoms. The molecule has 0 fully saturated rings. The number of carbonyl (C=O) groups is 1. The normalized spacial score (nSPS) is 12.0. The van der Waals surface area contributed by atoms with Gasteiger partial charge in [0.05, 0.1) is 18.0 Å². The summed E-state index contributed by atoms with van der Waals surface area (Å²) in [5, 5.41) is 26.1. The number of rotatable bonds is 7. The highest BCUT2D eigenvalue weighted by Gasteiger charge is 2.20. The molecule has 9 nitrogen and oxygen atoms in total. The Labute approximate surface area is 184 Å². The Morgan fingerprint density at radius 1 is 1.19 bits per heavy atom. The predicted octanol–water partition coefficient (Wildman–Crippen LogP) is 2.39. The smallest absolute Gasteiger partial charge is 0.277 e. The highest BCUT2D eigenvalue weighted by atomic mass is 16.5. The number of ether oxygens (including phenoxy) is 1. The third-order valence-electron chi connectivity index (χ3n) is 4.83. The molecule has 0 radical (unpaired) electrons. The van der Waals surface area contributed by atoms with Gasteiger partial charge >= 0.3 is 0 Å². The molecule has 0 aliphatic carbocycles. The van der Waals surface area contributed by atoms with Crippen LogP contribution in [0.3, 0.4) is 0 Å². The second kappa shape index (κ2) is 9.13. The number of anilines is 1. The summed E-state index contributed by atoms with van der Waals surface area (Å²) < 4.78 is 7.16. The molecule has 0 spiro atoms. The Morgan fingerprint density at radius 2 is 2.00 bits per heavy atom. The van der Waals surface area contributed by atoms with Gasteiger partial charge in [0.2, 0.25) is 0 Å². The van der Waals surface area contributed by atoms with Crippen molar-refractivity contribution in [2.24, 2.45) is 0 Å². The van der Waals surface area contributed by atoms with Crippen molar-refractivity contribution >= 4 is 17.4 Å². The van der Waals surface area contributed by atoms with Crippen molar-refractivity contribution < 1.29 is 19.7 Å². The number of aliphatic hydroxyl groups excluding tert-OH is 2. The Bertz CT molecular complexity index is 1270. The first-order valence-corrected chi connectivity index (χ1v) is 10.1. The lowest BCUT2D eigenvalue weighted by Crippen LogP contribution is -2.21. The second-order valence-electron chi connectivity index (χ2n) is 7.35. The van der Waals surface area contributed by atoms with Gasteiger partial charge in [-0.1, -0.05) is 12.1 Å². The lowest BCUT2D eigenvalue weighted by Gasteiger charge is -2.13. The van der Waals surface area contributed by atoms with E-state index in [0.717, 1.165) is 5.56 Å². The molecule has 1 aromatic carbocycles. The number of fused-ring (bicyclic) bond motifs is 1. The lowest BCUT2D eigenvalue weighted by molar-refractivity contribution is 0.0538. The standard InChI is InChI=1S/C23H23N5O4/c1-14-9-10-24-20(11-14)26-23(31)22-15(2)25-21-8-7-18(27-28(21)22)17-5-3-4-6-19(17)32-13-16(30)12-29/h3-11,16,29-30H,12-13H2,1-2H3,(H,24,26,31)/t16-/m1/s1. The van der Waals surface area contributed by atoms with Crippen LogP contribution in [-0.4, -0.2) is 55.0 Å². The van der Waals surface area contributed by atoms with E-state index < -0.39 is 12.7 Å². The van der Waals surface area contributed by atoms with Crippen LogP contribution in [0, 0.1) is 13.8 Å². The van der Waals surface area contributed by atoms with Gasteiger partial charge in [0, 0.05) is 11.8 Å². The topological polar surface area (TPSA) is 122 Å². The van der Waals surface area contributed by atoms with E-state index >= 15 is 0 Å². The van der Waals surface area contributed by atoms with Crippen LogP contribution < -0.4 is 10.1 Å². The Balaban J connectivity index is 1.70. The number of hydrogen-bond donors (Lipinski definition) is 3. The van der Waals surface area contributed by atoms with E-state index in [2.05, 4.69) is 20.4 Å². The van der Waals surface area contributed by atoms with Crippen LogP contribution in [0.5, 0.6) is 5.75 Å². The molecule has 4 rings (SSSR count). The molecule has 0 aliphatic heterocycles. The number of carbonyl (C=O) groups excluding carboxylic acids is 1. The zero-order chi connectivity index (χ0) is 22.7. The van der Waals surface area contributed by atoms with E-state index in [1.807, 2.05) is 25.1 Å². The van der Waals surface area contributed by atoms with E-state index in [1.165, 1.54) is 4.52 Å². The fourth-order valence-corrected chi connectivity index (χ4v) is 3.27. The fourth-order valence-electron chi connectivity index (χ4n) is 3.27. The van der Waals surface area contributed by atoms with Crippen molar-refractivity contribution in [1.82, 2.24) is 19.6 Å². The average Bonchev–Trinajstić information content (AvgIpc) is 3.12. The maximum Gasteiger partial charge on any atom is 0.277 e. The SMILES string of the molecule is Cc1ccnc(NC(=O)c2c(C)nc3ccc(-c4ccccc4OC[C@H](O)CO)nn23)c1. The Hall–Kier alpha value is -3.82. The van der Waals surface area contributed by atoms with Crippen molar-refractivity contribution in [1.29, 1.82) is 0 Å². The van der Waals surface area contributed by atoms with Crippen LogP contribution in [-0.2, 0) is 0 Å². The quantitative estimate of drug-likeness (QED) is 0.409. The number of para-hydroxylation sites is 1. The number of benzene rings is 1. The van der Waals surface area contributed by atoms with Crippen LogP contribution in [0.15, 0.2) is 54.7 Å². The molecule has 3 heterocycles. The number of amides is 1. The van der Waals surface area contributed by atoms with Gasteiger partial charge in [-0.15, -0.1) is 0 Å². The van der Waals surface area contributed by atoms with Gasteiger partial charge in [0.15, 0.2) is 11.3 Å². The second-order valence-corrected chi connectivity index (χ2v) is 7.35. The first kappa shape index (κ1) is 21.4. The van der Waals surface area contributed by atoms with E-state index in [1.54, 1.807) is 43.5 Å². The van der Waals surface area contributed by atoms with Gasteiger partial charge in [-0.25, -0.2) is 14.5 Å². The minimum atomic E-state index is -0.986. The van der Waals surface area contributed by atoms with Gasteiger partial charge in [0.25, 0.3) is 5.91 Å². The molecule has 3 aromatic heterocycles. The molecule has 3 N–H and O–H groups in total. The molecule has 1 amide bonds. The number of aryl methyl sites for hydroxylation is 2. The Kier molecular flexibility index (Phi) is 6.11. The summed E-state index contributed by atoms with van der Waals surface area (Å²) in [6.07, 6.45) is 0.646. The van der Waals surface area contributed by atoms with Crippen molar-refractivity contribution in [3.05, 3.63) is 71.7 Å². The number of aliphatic hydroxyl groups is 2. The molecular formula is C23H23N5O4. The molecular weight excluding hydrogens is 410 g/mol. The summed E-state index contributed by atoms with van der Waals surface area (Å²) in [6, 6.07) is 14.4.